The third-order valence-electron chi connectivity index (χ3n) is 4.80. The Morgan fingerprint density at radius 2 is 1.86 bits per heavy atom. The maximum absolute atomic E-state index is 12.5. The molecule has 1 N–H and O–H groups in total. The van der Waals surface area contributed by atoms with Crippen LogP contribution in [0.1, 0.15) is 31.0 Å². The summed E-state index contributed by atoms with van der Waals surface area (Å²) in [5.74, 6) is -2.76. The second-order valence-electron chi connectivity index (χ2n) is 7.17. The summed E-state index contributed by atoms with van der Waals surface area (Å²) in [6, 6.07) is 2.01. The largest absolute Gasteiger partial charge is 0.490 e. The Labute approximate surface area is 167 Å². The lowest BCUT2D eigenvalue weighted by Crippen LogP contribution is -2.49. The van der Waals surface area contributed by atoms with E-state index in [4.69, 9.17) is 9.90 Å². The van der Waals surface area contributed by atoms with Crippen molar-refractivity contribution in [1.29, 1.82) is 0 Å². The fourth-order valence-electron chi connectivity index (χ4n) is 3.34. The molecule has 1 aromatic rings. The van der Waals surface area contributed by atoms with Crippen LogP contribution in [-0.4, -0.2) is 89.2 Å². The van der Waals surface area contributed by atoms with Gasteiger partial charge in [-0.05, 0) is 32.0 Å². The SMILES string of the molecule is CN(C)S(=O)(=O)N1Cc2ccnn2C(CN2CCCCC2)C1.O=C(O)C(F)(F)F. The minimum absolute atomic E-state index is 0.0894. The summed E-state index contributed by atoms with van der Waals surface area (Å²) >= 11 is 0. The van der Waals surface area contributed by atoms with Crippen LogP contribution in [0.15, 0.2) is 12.3 Å². The van der Waals surface area contributed by atoms with Gasteiger partial charge in [0.1, 0.15) is 0 Å². The van der Waals surface area contributed by atoms with Gasteiger partial charge in [-0.15, -0.1) is 0 Å². The highest BCUT2D eigenvalue weighted by Gasteiger charge is 2.38. The minimum Gasteiger partial charge on any atom is -0.475 e. The van der Waals surface area contributed by atoms with Crippen LogP contribution in [0.25, 0.3) is 0 Å². The van der Waals surface area contributed by atoms with E-state index in [1.807, 2.05) is 10.7 Å². The molecule has 9 nitrogen and oxygen atoms in total. The Balaban J connectivity index is 0.000000370. The molecule has 0 aliphatic carbocycles. The van der Waals surface area contributed by atoms with Crippen molar-refractivity contribution in [3.63, 3.8) is 0 Å². The highest BCUT2D eigenvalue weighted by Crippen LogP contribution is 2.25. The van der Waals surface area contributed by atoms with Gasteiger partial charge in [0, 0.05) is 33.4 Å². The molecule has 13 heteroatoms. The second-order valence-corrected chi connectivity index (χ2v) is 9.31. The van der Waals surface area contributed by atoms with Crippen molar-refractivity contribution in [1.82, 2.24) is 23.3 Å². The number of alkyl halides is 3. The lowest BCUT2D eigenvalue weighted by atomic mass is 10.1. The van der Waals surface area contributed by atoms with E-state index in [9.17, 15) is 21.6 Å². The van der Waals surface area contributed by atoms with Crippen molar-refractivity contribution in [3.05, 3.63) is 18.0 Å². The van der Waals surface area contributed by atoms with Crippen molar-refractivity contribution >= 4 is 16.2 Å². The number of halogens is 3. The molecule has 0 aromatic carbocycles. The van der Waals surface area contributed by atoms with Crippen LogP contribution < -0.4 is 0 Å². The molecule has 1 aromatic heterocycles. The quantitative estimate of drug-likeness (QED) is 0.753. The van der Waals surface area contributed by atoms with E-state index in [0.29, 0.717) is 13.1 Å². The molecule has 166 valence electrons. The molecule has 2 aliphatic rings. The third kappa shape index (κ3) is 6.14. The number of aromatic nitrogens is 2. The number of carboxylic acid groups (broad SMARTS) is 1. The summed E-state index contributed by atoms with van der Waals surface area (Å²) in [5.41, 5.74) is 0.971. The van der Waals surface area contributed by atoms with Crippen LogP contribution in [0.2, 0.25) is 0 Å². The summed E-state index contributed by atoms with van der Waals surface area (Å²) in [6.45, 7) is 3.97. The van der Waals surface area contributed by atoms with E-state index in [-0.39, 0.29) is 6.04 Å². The average Bonchev–Trinajstić information content (AvgIpc) is 3.11. The Morgan fingerprint density at radius 1 is 1.28 bits per heavy atom. The van der Waals surface area contributed by atoms with E-state index in [1.54, 1.807) is 24.6 Å². The molecule has 1 atom stereocenters. The highest BCUT2D eigenvalue weighted by atomic mass is 32.2. The zero-order valence-corrected chi connectivity index (χ0v) is 17.2. The fourth-order valence-corrected chi connectivity index (χ4v) is 4.45. The van der Waals surface area contributed by atoms with Crippen molar-refractivity contribution in [2.45, 2.75) is 38.0 Å². The van der Waals surface area contributed by atoms with Gasteiger partial charge < -0.3 is 10.0 Å². The van der Waals surface area contributed by atoms with Crippen molar-refractivity contribution < 1.29 is 31.5 Å². The number of aliphatic carboxylic acids is 1. The Hall–Kier alpha value is -1.70. The number of rotatable bonds is 4. The number of carbonyl (C=O) groups is 1. The average molecular weight is 441 g/mol. The lowest BCUT2D eigenvalue weighted by Gasteiger charge is -2.37. The molecule has 0 spiro atoms. The molecule has 3 heterocycles. The monoisotopic (exact) mass is 441 g/mol. The maximum atomic E-state index is 12.5. The molecule has 0 saturated carbocycles. The normalized spacial score (nSPS) is 21.4. The van der Waals surface area contributed by atoms with E-state index in [2.05, 4.69) is 10.00 Å². The van der Waals surface area contributed by atoms with Gasteiger partial charge >= 0.3 is 12.1 Å². The highest BCUT2D eigenvalue weighted by molar-refractivity contribution is 7.86. The molecule has 1 saturated heterocycles. The summed E-state index contributed by atoms with van der Waals surface area (Å²) in [6.07, 6.45) is 0.455. The van der Waals surface area contributed by atoms with Gasteiger partial charge in [0.2, 0.25) is 0 Å². The number of hydrogen-bond acceptors (Lipinski definition) is 5. The lowest BCUT2D eigenvalue weighted by molar-refractivity contribution is -0.192. The topological polar surface area (TPSA) is 99.0 Å². The molecule has 0 radical (unpaired) electrons. The molecular weight excluding hydrogens is 415 g/mol. The molecule has 0 bridgehead atoms. The van der Waals surface area contributed by atoms with Gasteiger partial charge in [-0.2, -0.15) is 35.3 Å². The smallest absolute Gasteiger partial charge is 0.475 e. The van der Waals surface area contributed by atoms with Crippen LogP contribution in [0.4, 0.5) is 13.2 Å². The second kappa shape index (κ2) is 9.41. The van der Waals surface area contributed by atoms with Crippen LogP contribution >= 0.6 is 0 Å². The Morgan fingerprint density at radius 3 is 2.38 bits per heavy atom. The third-order valence-corrected chi connectivity index (χ3v) is 6.65. The number of fused-ring (bicyclic) bond motifs is 1. The van der Waals surface area contributed by atoms with Gasteiger partial charge in [0.05, 0.1) is 18.3 Å². The first-order chi connectivity index (χ1) is 13.4. The van der Waals surface area contributed by atoms with Gasteiger partial charge in [-0.1, -0.05) is 6.42 Å². The predicted octanol–water partition coefficient (Wildman–Crippen LogP) is 1.17. The van der Waals surface area contributed by atoms with E-state index < -0.39 is 22.4 Å². The van der Waals surface area contributed by atoms with Crippen LogP contribution in [0.5, 0.6) is 0 Å². The molecule has 3 rings (SSSR count). The minimum atomic E-state index is -5.08. The van der Waals surface area contributed by atoms with E-state index in [0.717, 1.165) is 25.3 Å². The van der Waals surface area contributed by atoms with Gasteiger partial charge in [-0.3, -0.25) is 4.68 Å². The number of likely N-dealkylation sites (tertiary alicyclic amines) is 1. The zero-order valence-electron chi connectivity index (χ0n) is 16.3. The molecular formula is C16H26F3N5O4S. The van der Waals surface area contributed by atoms with Crippen molar-refractivity contribution in [3.8, 4) is 0 Å². The zero-order chi connectivity index (χ0) is 21.8. The van der Waals surface area contributed by atoms with Crippen molar-refractivity contribution in [2.24, 2.45) is 0 Å². The Bertz CT molecular complexity index is 791. The first kappa shape index (κ1) is 23.6. The number of carboxylic acids is 1. The standard InChI is InChI=1S/C14H25N5O2S.C2HF3O2/c1-16(2)22(20,21)18-11-13-6-7-15-19(13)14(12-18)10-17-8-4-3-5-9-17;3-2(4,5)1(6)7/h6-7,14H,3-5,8-12H2,1-2H3;(H,6,7). The van der Waals surface area contributed by atoms with E-state index in [1.165, 1.54) is 23.6 Å². The van der Waals surface area contributed by atoms with Crippen LogP contribution in [0.3, 0.4) is 0 Å². The van der Waals surface area contributed by atoms with Gasteiger partial charge in [-0.25, -0.2) is 4.79 Å². The maximum Gasteiger partial charge on any atom is 0.490 e. The summed E-state index contributed by atoms with van der Waals surface area (Å²) in [4.78, 5) is 11.3. The fraction of sp³-hybridized carbons (Fsp3) is 0.750. The summed E-state index contributed by atoms with van der Waals surface area (Å²) in [5, 5.41) is 11.5. The predicted molar refractivity (Wildman–Crippen MR) is 98.3 cm³/mol. The molecule has 1 unspecified atom stereocenters. The number of nitrogens with zero attached hydrogens (tertiary/aromatic N) is 5. The Kier molecular flexibility index (Phi) is 7.65. The number of hydrogen-bond donors (Lipinski definition) is 1. The molecule has 1 fully saturated rings. The van der Waals surface area contributed by atoms with Gasteiger partial charge in [0.15, 0.2) is 0 Å². The summed E-state index contributed by atoms with van der Waals surface area (Å²) < 4.78 is 61.5. The first-order valence-electron chi connectivity index (χ1n) is 9.15. The molecule has 29 heavy (non-hydrogen) atoms. The van der Waals surface area contributed by atoms with Crippen molar-refractivity contribution in [2.75, 3.05) is 40.3 Å². The van der Waals surface area contributed by atoms with Crippen LogP contribution in [0, 0.1) is 0 Å². The first-order valence-corrected chi connectivity index (χ1v) is 10.5. The van der Waals surface area contributed by atoms with Gasteiger partial charge in [0.25, 0.3) is 10.2 Å². The molecule has 2 aliphatic heterocycles. The summed E-state index contributed by atoms with van der Waals surface area (Å²) in [7, 11) is -0.219. The van der Waals surface area contributed by atoms with Crippen LogP contribution in [-0.2, 0) is 21.5 Å². The molecule has 0 amide bonds. The number of piperidine rings is 1. The van der Waals surface area contributed by atoms with E-state index >= 15 is 0 Å².